The Hall–Kier alpha value is -5.33. The summed E-state index contributed by atoms with van der Waals surface area (Å²) in [5.41, 5.74) is 2.87. The molecule has 0 bridgehead atoms. The van der Waals surface area contributed by atoms with Gasteiger partial charge in [-0.2, -0.15) is 5.10 Å². The number of anilines is 3. The molecule has 13 heteroatoms. The fraction of sp³-hybridized carbons (Fsp3) is 0.276. The van der Waals surface area contributed by atoms with Gasteiger partial charge in [-0.3, -0.25) is 14.6 Å². The molecule has 1 saturated heterocycles. The van der Waals surface area contributed by atoms with E-state index in [4.69, 9.17) is 14.5 Å². The van der Waals surface area contributed by atoms with E-state index in [-0.39, 0.29) is 19.0 Å². The van der Waals surface area contributed by atoms with Crippen molar-refractivity contribution in [3.8, 4) is 11.5 Å². The molecule has 2 amide bonds. The van der Waals surface area contributed by atoms with E-state index in [0.717, 1.165) is 11.3 Å². The third kappa shape index (κ3) is 5.61. The van der Waals surface area contributed by atoms with Gasteiger partial charge in [-0.15, -0.1) is 0 Å². The van der Waals surface area contributed by atoms with Crippen molar-refractivity contribution >= 4 is 46.0 Å². The maximum absolute atomic E-state index is 13.0. The van der Waals surface area contributed by atoms with Gasteiger partial charge in [0, 0.05) is 31.0 Å². The first-order valence-corrected chi connectivity index (χ1v) is 13.4. The Morgan fingerprint density at radius 1 is 1.00 bits per heavy atom. The molecule has 1 aromatic carbocycles. The molecule has 4 aromatic heterocycles. The highest BCUT2D eigenvalue weighted by atomic mass is 16.6. The summed E-state index contributed by atoms with van der Waals surface area (Å²) < 4.78 is 13.2. The van der Waals surface area contributed by atoms with E-state index in [1.54, 1.807) is 48.5 Å². The lowest BCUT2D eigenvalue weighted by atomic mass is 10.2. The Morgan fingerprint density at radius 2 is 1.86 bits per heavy atom. The maximum Gasteiger partial charge on any atom is 0.410 e. The van der Waals surface area contributed by atoms with Crippen molar-refractivity contribution < 1.29 is 19.1 Å². The topological polar surface area (TPSA) is 140 Å². The zero-order valence-corrected chi connectivity index (χ0v) is 23.6. The zero-order valence-electron chi connectivity index (χ0n) is 23.6. The standard InChI is InChI=1S/C29H29N9O4/c1-18-13-19(5-7-22(18)41-20-9-10-38-24(14-20)31-17-33-38)34-27-26-21(30-16-32-27)6-8-23(35-26)37-12-11-36(15-25(37)39)28(40)42-29(2,3)4/h5-10,13-14,16-17H,11-12,15H2,1-4H3,(H,30,32,34). The minimum Gasteiger partial charge on any atom is -0.457 e. The van der Waals surface area contributed by atoms with E-state index in [1.165, 1.54) is 17.6 Å². The largest absolute Gasteiger partial charge is 0.457 e. The van der Waals surface area contributed by atoms with E-state index < -0.39 is 11.7 Å². The van der Waals surface area contributed by atoms with Crippen LogP contribution in [-0.4, -0.2) is 71.7 Å². The van der Waals surface area contributed by atoms with Crippen molar-refractivity contribution in [3.63, 3.8) is 0 Å². The lowest BCUT2D eigenvalue weighted by molar-refractivity contribution is -0.121. The van der Waals surface area contributed by atoms with E-state index in [2.05, 4.69) is 25.4 Å². The molecule has 0 spiro atoms. The molecule has 1 aliphatic heterocycles. The number of hydrogen-bond donors (Lipinski definition) is 1. The summed E-state index contributed by atoms with van der Waals surface area (Å²) in [6.45, 7) is 7.86. The number of fused-ring (bicyclic) bond motifs is 2. The molecule has 13 nitrogen and oxygen atoms in total. The van der Waals surface area contributed by atoms with Gasteiger partial charge in [0.05, 0.1) is 5.52 Å². The van der Waals surface area contributed by atoms with E-state index in [9.17, 15) is 9.59 Å². The number of hydrogen-bond acceptors (Lipinski definition) is 10. The first-order valence-electron chi connectivity index (χ1n) is 13.4. The van der Waals surface area contributed by atoms with Gasteiger partial charge in [-0.1, -0.05) is 0 Å². The average molecular weight is 568 g/mol. The van der Waals surface area contributed by atoms with Crippen molar-refractivity contribution in [1.29, 1.82) is 0 Å². The molecule has 0 unspecified atom stereocenters. The third-order valence-electron chi connectivity index (χ3n) is 6.53. The van der Waals surface area contributed by atoms with E-state index in [1.807, 2.05) is 37.3 Å². The van der Waals surface area contributed by atoms with Crippen molar-refractivity contribution in [2.24, 2.45) is 0 Å². The molecule has 42 heavy (non-hydrogen) atoms. The van der Waals surface area contributed by atoms with Crippen molar-refractivity contribution in [2.75, 3.05) is 29.9 Å². The highest BCUT2D eigenvalue weighted by Gasteiger charge is 2.31. The quantitative estimate of drug-likeness (QED) is 0.323. The minimum absolute atomic E-state index is 0.0917. The summed E-state index contributed by atoms with van der Waals surface area (Å²) >= 11 is 0. The van der Waals surface area contributed by atoms with Crippen LogP contribution in [0.5, 0.6) is 11.5 Å². The second-order valence-electron chi connectivity index (χ2n) is 10.8. The minimum atomic E-state index is -0.639. The van der Waals surface area contributed by atoms with Crippen LogP contribution in [0.3, 0.4) is 0 Å². The van der Waals surface area contributed by atoms with Gasteiger partial charge in [0.2, 0.25) is 5.91 Å². The summed E-state index contributed by atoms with van der Waals surface area (Å²) in [6, 6.07) is 12.9. The predicted molar refractivity (Wildman–Crippen MR) is 155 cm³/mol. The number of ether oxygens (including phenoxy) is 2. The molecule has 214 valence electrons. The Labute approximate surface area is 241 Å². The monoisotopic (exact) mass is 567 g/mol. The van der Waals surface area contributed by atoms with Gasteiger partial charge in [0.25, 0.3) is 0 Å². The second kappa shape index (κ2) is 10.6. The molecule has 6 rings (SSSR count). The van der Waals surface area contributed by atoms with Crippen LogP contribution in [0, 0.1) is 6.92 Å². The van der Waals surface area contributed by atoms with Crippen LogP contribution in [-0.2, 0) is 9.53 Å². The number of pyridine rings is 2. The van der Waals surface area contributed by atoms with Gasteiger partial charge >= 0.3 is 6.09 Å². The molecule has 1 N–H and O–H groups in total. The second-order valence-corrected chi connectivity index (χ2v) is 10.8. The summed E-state index contributed by atoms with van der Waals surface area (Å²) in [7, 11) is 0. The van der Waals surface area contributed by atoms with Gasteiger partial charge in [-0.25, -0.2) is 29.2 Å². The molecular weight excluding hydrogens is 538 g/mol. The lowest BCUT2D eigenvalue weighted by Crippen LogP contribution is -2.53. The summed E-state index contributed by atoms with van der Waals surface area (Å²) in [6.07, 6.45) is 4.23. The van der Waals surface area contributed by atoms with Gasteiger partial charge in [0.1, 0.15) is 47.6 Å². The van der Waals surface area contributed by atoms with Crippen LogP contribution in [0.15, 0.2) is 61.3 Å². The Kier molecular flexibility index (Phi) is 6.77. The van der Waals surface area contributed by atoms with Crippen molar-refractivity contribution in [3.05, 3.63) is 66.9 Å². The molecule has 0 aliphatic carbocycles. The van der Waals surface area contributed by atoms with Crippen LogP contribution in [0.4, 0.5) is 22.1 Å². The number of nitrogens with one attached hydrogen (secondary N) is 1. The normalized spacial score (nSPS) is 14.0. The first kappa shape index (κ1) is 26.9. The van der Waals surface area contributed by atoms with Gasteiger partial charge in [0.15, 0.2) is 11.5 Å². The van der Waals surface area contributed by atoms with Crippen LogP contribution in [0.2, 0.25) is 0 Å². The summed E-state index contributed by atoms with van der Waals surface area (Å²) in [4.78, 5) is 46.1. The number of aryl methyl sites for hydroxylation is 1. The number of carbonyl (C=O) groups excluding carboxylic acids is 2. The van der Waals surface area contributed by atoms with Crippen LogP contribution >= 0.6 is 0 Å². The summed E-state index contributed by atoms with van der Waals surface area (Å²) in [5.74, 6) is 2.05. The molecule has 5 aromatic rings. The number of benzene rings is 1. The molecule has 1 fully saturated rings. The van der Waals surface area contributed by atoms with E-state index >= 15 is 0 Å². The van der Waals surface area contributed by atoms with Gasteiger partial charge in [-0.05, 0) is 69.7 Å². The lowest BCUT2D eigenvalue weighted by Gasteiger charge is -2.34. The highest BCUT2D eigenvalue weighted by molar-refractivity contribution is 5.98. The SMILES string of the molecule is Cc1cc(Nc2ncnc3ccc(N4CCN(C(=O)OC(C)(C)C)CC4=O)nc23)ccc1Oc1ccn2ncnc2c1. The number of piperazine rings is 1. The van der Waals surface area contributed by atoms with E-state index in [0.29, 0.717) is 46.4 Å². The molecular formula is C29H29N9O4. The van der Waals surface area contributed by atoms with Crippen LogP contribution in [0.25, 0.3) is 16.7 Å². The molecule has 0 saturated carbocycles. The molecule has 1 aliphatic rings. The first-order chi connectivity index (χ1) is 20.1. The fourth-order valence-electron chi connectivity index (χ4n) is 4.53. The average Bonchev–Trinajstić information content (AvgIpc) is 3.42. The zero-order chi connectivity index (χ0) is 29.4. The Balaban J connectivity index is 1.19. The van der Waals surface area contributed by atoms with Crippen molar-refractivity contribution in [1.82, 2.24) is 34.4 Å². The Bertz CT molecular complexity index is 1810. The fourth-order valence-corrected chi connectivity index (χ4v) is 4.53. The third-order valence-corrected chi connectivity index (χ3v) is 6.53. The number of rotatable bonds is 5. The van der Waals surface area contributed by atoms with Crippen molar-refractivity contribution in [2.45, 2.75) is 33.3 Å². The number of carbonyl (C=O) groups is 2. The maximum atomic E-state index is 13.0. The predicted octanol–water partition coefficient (Wildman–Crippen LogP) is 4.50. The number of amides is 2. The van der Waals surface area contributed by atoms with Crippen LogP contribution in [0.1, 0.15) is 26.3 Å². The van der Waals surface area contributed by atoms with Crippen LogP contribution < -0.4 is 15.0 Å². The molecule has 5 heterocycles. The number of aromatic nitrogens is 6. The summed E-state index contributed by atoms with van der Waals surface area (Å²) in [5, 5.41) is 7.42. The van der Waals surface area contributed by atoms with Gasteiger partial charge < -0.3 is 14.8 Å². The Morgan fingerprint density at radius 3 is 2.64 bits per heavy atom. The number of nitrogens with zero attached hydrogens (tertiary/aromatic N) is 8. The molecule has 0 radical (unpaired) electrons. The molecule has 0 atom stereocenters. The highest BCUT2D eigenvalue weighted by Crippen LogP contribution is 2.30. The smallest absolute Gasteiger partial charge is 0.410 e.